The quantitative estimate of drug-likeness (QED) is 0.778. The van der Waals surface area contributed by atoms with Crippen LogP contribution in [0, 0.1) is 0 Å². The number of anilines is 2. The maximum absolute atomic E-state index is 12.5. The van der Waals surface area contributed by atoms with E-state index in [0.717, 1.165) is 12.8 Å². The first-order valence-electron chi connectivity index (χ1n) is 9.21. The van der Waals surface area contributed by atoms with E-state index < -0.39 is 10.0 Å². The third-order valence-corrected chi connectivity index (χ3v) is 6.46. The lowest BCUT2D eigenvalue weighted by molar-refractivity contribution is -0.115. The number of hydrogen-bond acceptors (Lipinski definition) is 4. The maximum Gasteiger partial charge on any atom is 0.255 e. The molecule has 1 fully saturated rings. The van der Waals surface area contributed by atoms with E-state index >= 15 is 0 Å². The topological polar surface area (TPSA) is 95.6 Å². The minimum Gasteiger partial charge on any atom is -0.326 e. The molecular formula is C20H23N3O4S. The van der Waals surface area contributed by atoms with Crippen LogP contribution in [0.25, 0.3) is 0 Å². The summed E-state index contributed by atoms with van der Waals surface area (Å²) in [7, 11) is -3.48. The van der Waals surface area contributed by atoms with E-state index in [1.54, 1.807) is 43.3 Å². The van der Waals surface area contributed by atoms with Gasteiger partial charge < -0.3 is 10.6 Å². The fourth-order valence-electron chi connectivity index (χ4n) is 2.98. The first-order valence-corrected chi connectivity index (χ1v) is 10.7. The van der Waals surface area contributed by atoms with Gasteiger partial charge in [-0.15, -0.1) is 0 Å². The molecule has 0 unspecified atom stereocenters. The van der Waals surface area contributed by atoms with Gasteiger partial charge in [-0.3, -0.25) is 9.59 Å². The van der Waals surface area contributed by atoms with Gasteiger partial charge in [0.1, 0.15) is 0 Å². The summed E-state index contributed by atoms with van der Waals surface area (Å²) in [5.74, 6) is -0.477. The van der Waals surface area contributed by atoms with Crippen LogP contribution in [0.4, 0.5) is 11.4 Å². The van der Waals surface area contributed by atoms with E-state index in [0.29, 0.717) is 36.4 Å². The van der Waals surface area contributed by atoms with Gasteiger partial charge in [-0.2, -0.15) is 4.31 Å². The summed E-state index contributed by atoms with van der Waals surface area (Å²) in [5.41, 5.74) is 1.43. The molecule has 0 bridgehead atoms. The molecule has 1 heterocycles. The van der Waals surface area contributed by atoms with Crippen molar-refractivity contribution in [1.29, 1.82) is 0 Å². The summed E-state index contributed by atoms with van der Waals surface area (Å²) in [5, 5.41) is 5.45. The monoisotopic (exact) mass is 401 g/mol. The zero-order valence-electron chi connectivity index (χ0n) is 15.6. The van der Waals surface area contributed by atoms with Crippen molar-refractivity contribution >= 4 is 33.2 Å². The first kappa shape index (κ1) is 20.0. The number of amides is 2. The molecule has 0 saturated carbocycles. The van der Waals surface area contributed by atoms with Gasteiger partial charge in [0.25, 0.3) is 5.91 Å². The molecule has 1 aliphatic heterocycles. The Hall–Kier alpha value is -2.71. The van der Waals surface area contributed by atoms with Gasteiger partial charge in [0.2, 0.25) is 15.9 Å². The minimum absolute atomic E-state index is 0.132. The lowest BCUT2D eigenvalue weighted by Gasteiger charge is -2.15. The lowest BCUT2D eigenvalue weighted by atomic mass is 10.1. The third-order valence-electron chi connectivity index (χ3n) is 4.54. The molecule has 8 heteroatoms. The van der Waals surface area contributed by atoms with E-state index in [-0.39, 0.29) is 16.7 Å². The molecule has 28 heavy (non-hydrogen) atoms. The highest BCUT2D eigenvalue weighted by molar-refractivity contribution is 7.89. The van der Waals surface area contributed by atoms with Gasteiger partial charge in [0.15, 0.2) is 0 Å². The van der Waals surface area contributed by atoms with Gasteiger partial charge >= 0.3 is 0 Å². The van der Waals surface area contributed by atoms with Gasteiger partial charge in [0.05, 0.1) is 4.90 Å². The van der Waals surface area contributed by atoms with Crippen LogP contribution < -0.4 is 10.6 Å². The number of hydrogen-bond donors (Lipinski definition) is 2. The van der Waals surface area contributed by atoms with Crippen molar-refractivity contribution in [2.45, 2.75) is 31.1 Å². The molecule has 3 rings (SSSR count). The molecule has 7 nitrogen and oxygen atoms in total. The number of nitrogens with one attached hydrogen (secondary N) is 2. The normalized spacial score (nSPS) is 14.6. The standard InChI is InChI=1S/C20H23N3O4S/c1-2-19(24)21-17-7-5-6-15(14-17)20(25)22-16-8-10-18(11-9-16)28(26,27)23-12-3-4-13-23/h5-11,14H,2-4,12-13H2,1H3,(H,21,24)(H,22,25). The Morgan fingerprint density at radius 3 is 2.29 bits per heavy atom. The molecule has 0 spiro atoms. The Labute approximate surface area is 164 Å². The van der Waals surface area contributed by atoms with E-state index in [1.807, 2.05) is 0 Å². The molecule has 0 atom stereocenters. The Morgan fingerprint density at radius 1 is 0.964 bits per heavy atom. The Bertz CT molecular complexity index is 965. The van der Waals surface area contributed by atoms with Crippen molar-refractivity contribution in [3.8, 4) is 0 Å². The van der Waals surface area contributed by atoms with Gasteiger partial charge in [0, 0.05) is 36.4 Å². The molecule has 0 aromatic heterocycles. The average Bonchev–Trinajstić information content (AvgIpc) is 3.24. The van der Waals surface area contributed by atoms with E-state index in [4.69, 9.17) is 0 Å². The minimum atomic E-state index is -3.48. The van der Waals surface area contributed by atoms with Gasteiger partial charge in [-0.05, 0) is 55.3 Å². The zero-order chi connectivity index (χ0) is 20.1. The Kier molecular flexibility index (Phi) is 6.11. The van der Waals surface area contributed by atoms with E-state index in [2.05, 4.69) is 10.6 Å². The first-order chi connectivity index (χ1) is 13.4. The second-order valence-electron chi connectivity index (χ2n) is 6.57. The van der Waals surface area contributed by atoms with Crippen molar-refractivity contribution in [2.75, 3.05) is 23.7 Å². The van der Waals surface area contributed by atoms with Crippen LogP contribution in [0.2, 0.25) is 0 Å². The highest BCUT2D eigenvalue weighted by Crippen LogP contribution is 2.22. The summed E-state index contributed by atoms with van der Waals surface area (Å²) in [4.78, 5) is 24.2. The highest BCUT2D eigenvalue weighted by atomic mass is 32.2. The molecule has 0 aliphatic carbocycles. The van der Waals surface area contributed by atoms with Crippen molar-refractivity contribution < 1.29 is 18.0 Å². The maximum atomic E-state index is 12.5. The number of nitrogens with zero attached hydrogens (tertiary/aromatic N) is 1. The molecule has 2 aromatic rings. The van der Waals surface area contributed by atoms with Gasteiger partial charge in [-0.1, -0.05) is 13.0 Å². The Morgan fingerprint density at radius 2 is 1.64 bits per heavy atom. The lowest BCUT2D eigenvalue weighted by Crippen LogP contribution is -2.27. The predicted octanol–water partition coefficient (Wildman–Crippen LogP) is 3.07. The van der Waals surface area contributed by atoms with Crippen LogP contribution in [0.3, 0.4) is 0 Å². The predicted molar refractivity (Wildman–Crippen MR) is 108 cm³/mol. The smallest absolute Gasteiger partial charge is 0.255 e. The molecule has 1 aliphatic rings. The molecule has 148 valence electrons. The van der Waals surface area contributed by atoms with Crippen LogP contribution >= 0.6 is 0 Å². The summed E-state index contributed by atoms with van der Waals surface area (Å²) in [6.07, 6.45) is 2.11. The van der Waals surface area contributed by atoms with Crippen LogP contribution in [0.15, 0.2) is 53.4 Å². The zero-order valence-corrected chi connectivity index (χ0v) is 16.5. The molecular weight excluding hydrogens is 378 g/mol. The number of sulfonamides is 1. The molecule has 1 saturated heterocycles. The van der Waals surface area contributed by atoms with Crippen LogP contribution in [0.5, 0.6) is 0 Å². The molecule has 2 aromatic carbocycles. The number of rotatable bonds is 6. The van der Waals surface area contributed by atoms with E-state index in [9.17, 15) is 18.0 Å². The Balaban J connectivity index is 1.69. The largest absolute Gasteiger partial charge is 0.326 e. The third kappa shape index (κ3) is 4.58. The summed E-state index contributed by atoms with van der Waals surface area (Å²) in [6.45, 7) is 2.84. The second kappa shape index (κ2) is 8.53. The number of carbonyl (C=O) groups excluding carboxylic acids is 2. The van der Waals surface area contributed by atoms with Crippen LogP contribution in [0.1, 0.15) is 36.5 Å². The molecule has 2 N–H and O–H groups in total. The average molecular weight is 401 g/mol. The van der Waals surface area contributed by atoms with Crippen molar-refractivity contribution in [3.63, 3.8) is 0 Å². The molecule has 0 radical (unpaired) electrons. The summed E-state index contributed by atoms with van der Waals surface area (Å²) >= 11 is 0. The SMILES string of the molecule is CCC(=O)Nc1cccc(C(=O)Nc2ccc(S(=O)(=O)N3CCCC3)cc2)c1. The van der Waals surface area contributed by atoms with Crippen molar-refractivity contribution in [2.24, 2.45) is 0 Å². The van der Waals surface area contributed by atoms with Crippen molar-refractivity contribution in [3.05, 3.63) is 54.1 Å². The van der Waals surface area contributed by atoms with Gasteiger partial charge in [-0.25, -0.2) is 8.42 Å². The number of benzene rings is 2. The van der Waals surface area contributed by atoms with E-state index in [1.165, 1.54) is 16.4 Å². The number of carbonyl (C=O) groups is 2. The summed E-state index contributed by atoms with van der Waals surface area (Å²) < 4.78 is 26.6. The molecule has 2 amide bonds. The summed E-state index contributed by atoms with van der Waals surface area (Å²) in [6, 6.07) is 12.8. The highest BCUT2D eigenvalue weighted by Gasteiger charge is 2.26. The van der Waals surface area contributed by atoms with Crippen molar-refractivity contribution in [1.82, 2.24) is 4.31 Å². The second-order valence-corrected chi connectivity index (χ2v) is 8.51. The van der Waals surface area contributed by atoms with Crippen LogP contribution in [-0.2, 0) is 14.8 Å². The van der Waals surface area contributed by atoms with Crippen LogP contribution in [-0.4, -0.2) is 37.6 Å². The fourth-order valence-corrected chi connectivity index (χ4v) is 4.50. The fraction of sp³-hybridized carbons (Fsp3) is 0.300.